The minimum absolute atomic E-state index is 0.0212. The largest absolute Gasteiger partial charge is 0.459 e. The van der Waals surface area contributed by atoms with Crippen LogP contribution in [0.1, 0.15) is 61.1 Å². The number of carbonyl (C=O) groups is 1. The van der Waals surface area contributed by atoms with Crippen molar-refractivity contribution in [2.75, 3.05) is 0 Å². The van der Waals surface area contributed by atoms with Gasteiger partial charge in [-0.25, -0.2) is 0 Å². The molecule has 1 aliphatic carbocycles. The number of hydrogen-bond donors (Lipinski definition) is 2. The van der Waals surface area contributed by atoms with Gasteiger partial charge in [0.25, 0.3) is 5.91 Å². The quantitative estimate of drug-likeness (QED) is 0.453. The van der Waals surface area contributed by atoms with E-state index in [1.54, 1.807) is 11.3 Å². The maximum atomic E-state index is 13.2. The zero-order chi connectivity index (χ0) is 23.3. The minimum Gasteiger partial charge on any atom is -0.459 e. The Labute approximate surface area is 204 Å². The fraction of sp³-hybridized carbons (Fsp3) is 0.393. The molecular formula is C28H31NO4S. The molecule has 2 atom stereocenters. The summed E-state index contributed by atoms with van der Waals surface area (Å²) in [7, 11) is 0. The van der Waals surface area contributed by atoms with Gasteiger partial charge in [0, 0.05) is 23.1 Å². The molecule has 178 valence electrons. The van der Waals surface area contributed by atoms with Gasteiger partial charge < -0.3 is 19.9 Å². The lowest BCUT2D eigenvalue weighted by atomic mass is 9.92. The molecule has 1 aromatic heterocycles. The Morgan fingerprint density at radius 1 is 1.06 bits per heavy atom. The predicted molar refractivity (Wildman–Crippen MR) is 134 cm³/mol. The number of ether oxygens (including phenoxy) is 2. The van der Waals surface area contributed by atoms with Crippen LogP contribution < -0.4 is 5.32 Å². The molecule has 1 saturated carbocycles. The van der Waals surface area contributed by atoms with Gasteiger partial charge in [-0.1, -0.05) is 61.7 Å². The van der Waals surface area contributed by atoms with Gasteiger partial charge in [0.15, 0.2) is 5.76 Å². The van der Waals surface area contributed by atoms with Crippen molar-refractivity contribution in [2.24, 2.45) is 0 Å². The third-order valence-electron chi connectivity index (χ3n) is 6.77. The van der Waals surface area contributed by atoms with E-state index in [0.717, 1.165) is 36.8 Å². The zero-order valence-corrected chi connectivity index (χ0v) is 20.1. The third-order valence-corrected chi connectivity index (χ3v) is 7.76. The second-order valence-electron chi connectivity index (χ2n) is 9.20. The molecule has 0 unspecified atom stereocenters. The number of hydrogen-bond acceptors (Lipinski definition) is 5. The van der Waals surface area contributed by atoms with E-state index in [0.29, 0.717) is 18.8 Å². The van der Waals surface area contributed by atoms with E-state index in [2.05, 4.69) is 35.0 Å². The van der Waals surface area contributed by atoms with E-state index in [4.69, 9.17) is 9.47 Å². The Balaban J connectivity index is 1.35. The Hall–Kier alpha value is -2.67. The van der Waals surface area contributed by atoms with Crippen molar-refractivity contribution < 1.29 is 19.4 Å². The molecule has 5 rings (SSSR count). The summed E-state index contributed by atoms with van der Waals surface area (Å²) in [5, 5.41) is 15.9. The molecule has 0 saturated heterocycles. The van der Waals surface area contributed by atoms with Gasteiger partial charge in [-0.05, 0) is 52.4 Å². The Kier molecular flexibility index (Phi) is 7.28. The van der Waals surface area contributed by atoms with Crippen LogP contribution in [-0.4, -0.2) is 23.3 Å². The molecule has 1 amide bonds. The minimum atomic E-state index is -0.515. The molecule has 1 aliphatic heterocycles. The monoisotopic (exact) mass is 477 g/mol. The maximum absolute atomic E-state index is 13.2. The van der Waals surface area contributed by atoms with Crippen molar-refractivity contribution in [3.05, 3.63) is 82.4 Å². The topological polar surface area (TPSA) is 67.8 Å². The maximum Gasteiger partial charge on any atom is 0.286 e. The molecule has 5 nitrogen and oxygen atoms in total. The van der Waals surface area contributed by atoms with Crippen molar-refractivity contribution in [3.8, 4) is 0 Å². The highest BCUT2D eigenvalue weighted by atomic mass is 32.1. The van der Waals surface area contributed by atoms with Crippen molar-refractivity contribution in [3.63, 3.8) is 0 Å². The average molecular weight is 478 g/mol. The fourth-order valence-corrected chi connectivity index (χ4v) is 5.88. The second-order valence-corrected chi connectivity index (χ2v) is 10.1. The molecule has 34 heavy (non-hydrogen) atoms. The number of thiophene rings is 1. The highest BCUT2D eigenvalue weighted by molar-refractivity contribution is 7.17. The lowest BCUT2D eigenvalue weighted by molar-refractivity contribution is -0.150. The van der Waals surface area contributed by atoms with E-state index in [1.165, 1.54) is 22.1 Å². The lowest BCUT2D eigenvalue weighted by Gasteiger charge is -2.30. The van der Waals surface area contributed by atoms with Crippen LogP contribution in [0.4, 0.5) is 0 Å². The van der Waals surface area contributed by atoms with E-state index < -0.39 is 6.29 Å². The number of amides is 1. The van der Waals surface area contributed by atoms with Gasteiger partial charge in [-0.2, -0.15) is 0 Å². The van der Waals surface area contributed by atoms with E-state index in [-0.39, 0.29) is 24.5 Å². The molecule has 2 aromatic carbocycles. The van der Waals surface area contributed by atoms with Crippen LogP contribution in [0, 0.1) is 0 Å². The van der Waals surface area contributed by atoms with E-state index in [9.17, 15) is 9.90 Å². The van der Waals surface area contributed by atoms with Gasteiger partial charge in [-0.3, -0.25) is 4.79 Å². The predicted octanol–water partition coefficient (Wildman–Crippen LogP) is 5.77. The molecule has 0 radical (unpaired) electrons. The molecular weight excluding hydrogens is 446 g/mol. The molecule has 3 aromatic rings. The Bertz CT molecular complexity index is 1150. The van der Waals surface area contributed by atoms with Gasteiger partial charge in [0.2, 0.25) is 6.29 Å². The highest BCUT2D eigenvalue weighted by Crippen LogP contribution is 2.38. The number of aliphatic hydroxyl groups excluding tert-OH is 1. The Morgan fingerprint density at radius 2 is 1.82 bits per heavy atom. The van der Waals surface area contributed by atoms with Crippen LogP contribution in [0.3, 0.4) is 0 Å². The van der Waals surface area contributed by atoms with Gasteiger partial charge >= 0.3 is 0 Å². The molecule has 6 heteroatoms. The smallest absolute Gasteiger partial charge is 0.286 e. The molecule has 1 fully saturated rings. The summed E-state index contributed by atoms with van der Waals surface area (Å²) >= 11 is 1.73. The number of aliphatic hydroxyl groups is 1. The lowest BCUT2D eigenvalue weighted by Crippen LogP contribution is -2.39. The summed E-state index contributed by atoms with van der Waals surface area (Å²) in [5.74, 6) is 0.258. The number of nitrogens with one attached hydrogen (secondary N) is 1. The van der Waals surface area contributed by atoms with Crippen molar-refractivity contribution in [2.45, 2.75) is 70.0 Å². The summed E-state index contributed by atoms with van der Waals surface area (Å²) in [6, 6.07) is 16.3. The number of carbonyl (C=O) groups excluding carboxylic acids is 1. The first-order valence-electron chi connectivity index (χ1n) is 12.2. The molecule has 2 aliphatic rings. The van der Waals surface area contributed by atoms with E-state index in [1.807, 2.05) is 30.3 Å². The molecule has 2 heterocycles. The normalized spacial score (nSPS) is 21.1. The number of allylic oxidation sites excluding steroid dienone is 1. The number of rotatable bonds is 7. The molecule has 2 N–H and O–H groups in total. The van der Waals surface area contributed by atoms with Crippen LogP contribution in [-0.2, 0) is 27.5 Å². The first-order valence-corrected chi connectivity index (χ1v) is 13.0. The van der Waals surface area contributed by atoms with Crippen LogP contribution in [0.25, 0.3) is 10.1 Å². The Morgan fingerprint density at radius 3 is 2.62 bits per heavy atom. The number of benzene rings is 2. The van der Waals surface area contributed by atoms with Crippen LogP contribution in [0.15, 0.2) is 65.7 Å². The standard InChI is InChI=1S/C28H31NO4S/c30-16-19-10-12-20(13-11-19)17-32-27-15-21(24-18-34-26-9-5-4-8-23(24)26)14-25(33-27)28(31)29-22-6-2-1-3-7-22/h4-5,8-14,18,21-22,27,30H,1-3,6-7,15-17H2,(H,29,31)/t21-,27+/m1/s1. The summed E-state index contributed by atoms with van der Waals surface area (Å²) in [6.45, 7) is 0.401. The second kappa shape index (κ2) is 10.7. The van der Waals surface area contributed by atoms with Gasteiger partial charge in [0.05, 0.1) is 13.2 Å². The molecule has 0 bridgehead atoms. The van der Waals surface area contributed by atoms with E-state index >= 15 is 0 Å². The van der Waals surface area contributed by atoms with Crippen molar-refractivity contribution in [1.29, 1.82) is 0 Å². The first-order chi connectivity index (χ1) is 16.7. The zero-order valence-electron chi connectivity index (χ0n) is 19.2. The summed E-state index contributed by atoms with van der Waals surface area (Å²) in [5.41, 5.74) is 3.08. The van der Waals surface area contributed by atoms with Crippen LogP contribution in [0.2, 0.25) is 0 Å². The SMILES string of the molecule is O=C(NC1CCCCC1)C1=C[C@@H](c2csc3ccccc23)C[C@@H](OCc2ccc(CO)cc2)O1. The summed E-state index contributed by atoms with van der Waals surface area (Å²) in [4.78, 5) is 13.2. The first kappa shape index (κ1) is 23.1. The summed E-state index contributed by atoms with van der Waals surface area (Å²) in [6.07, 6.45) is 7.73. The summed E-state index contributed by atoms with van der Waals surface area (Å²) < 4.78 is 13.5. The highest BCUT2D eigenvalue weighted by Gasteiger charge is 2.31. The van der Waals surface area contributed by atoms with Gasteiger partial charge in [-0.15, -0.1) is 11.3 Å². The van der Waals surface area contributed by atoms with Crippen molar-refractivity contribution >= 4 is 27.3 Å². The number of fused-ring (bicyclic) bond motifs is 1. The third kappa shape index (κ3) is 5.35. The van der Waals surface area contributed by atoms with Crippen molar-refractivity contribution in [1.82, 2.24) is 5.32 Å². The van der Waals surface area contributed by atoms with Crippen LogP contribution in [0.5, 0.6) is 0 Å². The molecule has 0 spiro atoms. The van der Waals surface area contributed by atoms with Gasteiger partial charge in [0.1, 0.15) is 0 Å². The average Bonchev–Trinajstić information content (AvgIpc) is 3.32. The fourth-order valence-electron chi connectivity index (χ4n) is 4.85. The van der Waals surface area contributed by atoms with Crippen LogP contribution >= 0.6 is 11.3 Å².